The molecule has 0 aliphatic carbocycles. The van der Waals surface area contributed by atoms with E-state index < -0.39 is 0 Å². The summed E-state index contributed by atoms with van der Waals surface area (Å²) < 4.78 is 0. The molecule has 0 saturated heterocycles. The molecule has 2 rings (SSSR count). The van der Waals surface area contributed by atoms with Crippen molar-refractivity contribution in [3.8, 4) is 0 Å². The average molecular weight is 259 g/mol. The quantitative estimate of drug-likeness (QED) is 0.738. The molecule has 19 heavy (non-hydrogen) atoms. The Hall–Kier alpha value is -1.68. The van der Waals surface area contributed by atoms with Crippen LogP contribution in [-0.2, 0) is 0 Å². The van der Waals surface area contributed by atoms with Crippen LogP contribution in [0, 0.1) is 0 Å². The summed E-state index contributed by atoms with van der Waals surface area (Å²) in [6.45, 7) is 9.06. The number of fused-ring (bicyclic) bond motifs is 1. The van der Waals surface area contributed by atoms with Crippen LogP contribution in [0.25, 0.3) is 10.9 Å². The van der Waals surface area contributed by atoms with Crippen LogP contribution in [0.15, 0.2) is 30.6 Å². The van der Waals surface area contributed by atoms with Gasteiger partial charge in [0.25, 0.3) is 0 Å². The van der Waals surface area contributed by atoms with E-state index >= 15 is 0 Å². The number of anilines is 1. The Morgan fingerprint density at radius 2 is 1.89 bits per heavy atom. The zero-order valence-electron chi connectivity index (χ0n) is 11.8. The molecule has 0 spiro atoms. The van der Waals surface area contributed by atoms with E-state index in [1.54, 1.807) is 11.2 Å². The fourth-order valence-electron chi connectivity index (χ4n) is 2.29. The van der Waals surface area contributed by atoms with Crippen molar-refractivity contribution < 1.29 is 4.90 Å². The first-order chi connectivity index (χ1) is 9.35. The van der Waals surface area contributed by atoms with Crippen molar-refractivity contribution in [1.29, 1.82) is 0 Å². The number of benzene rings is 1. The molecule has 0 fully saturated rings. The summed E-state index contributed by atoms with van der Waals surface area (Å²) in [6.07, 6.45) is 2.79. The normalized spacial score (nSPS) is 11.1. The van der Waals surface area contributed by atoms with Gasteiger partial charge >= 0.3 is 0 Å². The number of rotatable bonds is 7. The maximum atomic E-state index is 4.33. The van der Waals surface area contributed by atoms with Gasteiger partial charge in [0.2, 0.25) is 0 Å². The van der Waals surface area contributed by atoms with Gasteiger partial charge in [-0.2, -0.15) is 0 Å². The van der Waals surface area contributed by atoms with E-state index in [0.29, 0.717) is 0 Å². The highest BCUT2D eigenvalue weighted by Crippen LogP contribution is 2.17. The Morgan fingerprint density at radius 3 is 2.68 bits per heavy atom. The van der Waals surface area contributed by atoms with E-state index in [2.05, 4.69) is 35.2 Å². The predicted octanol–water partition coefficient (Wildman–Crippen LogP) is 1.36. The highest BCUT2D eigenvalue weighted by Gasteiger charge is 2.04. The number of quaternary nitrogens is 1. The zero-order chi connectivity index (χ0) is 13.5. The Bertz CT molecular complexity index is 503. The minimum Gasteiger partial charge on any atom is -0.369 e. The van der Waals surface area contributed by atoms with Gasteiger partial charge in [-0.05, 0) is 26.0 Å². The van der Waals surface area contributed by atoms with Gasteiger partial charge in [-0.3, -0.25) is 0 Å². The van der Waals surface area contributed by atoms with Crippen LogP contribution in [-0.4, -0.2) is 36.1 Å². The molecule has 1 heterocycles. The molecule has 102 valence electrons. The molecule has 0 aliphatic heterocycles. The number of hydrogen-bond donors (Lipinski definition) is 2. The van der Waals surface area contributed by atoms with Crippen molar-refractivity contribution >= 4 is 16.7 Å². The van der Waals surface area contributed by atoms with Crippen LogP contribution in [0.1, 0.15) is 20.3 Å². The summed E-state index contributed by atoms with van der Waals surface area (Å²) in [5, 5.41) is 4.52. The summed E-state index contributed by atoms with van der Waals surface area (Å²) in [7, 11) is 0. The van der Waals surface area contributed by atoms with Gasteiger partial charge in [0.15, 0.2) is 0 Å². The van der Waals surface area contributed by atoms with Crippen LogP contribution >= 0.6 is 0 Å². The van der Waals surface area contributed by atoms with E-state index in [9.17, 15) is 0 Å². The lowest BCUT2D eigenvalue weighted by Gasteiger charge is -2.15. The molecule has 0 aliphatic rings. The molecule has 4 nitrogen and oxygen atoms in total. The predicted molar refractivity (Wildman–Crippen MR) is 79.6 cm³/mol. The topological polar surface area (TPSA) is 42.2 Å². The van der Waals surface area contributed by atoms with Crippen molar-refractivity contribution in [3.63, 3.8) is 0 Å². The average Bonchev–Trinajstić information content (AvgIpc) is 2.47. The van der Waals surface area contributed by atoms with Gasteiger partial charge in [0.1, 0.15) is 12.1 Å². The van der Waals surface area contributed by atoms with Gasteiger partial charge in [0, 0.05) is 18.4 Å². The van der Waals surface area contributed by atoms with Crippen molar-refractivity contribution in [2.45, 2.75) is 20.3 Å². The molecule has 2 aromatic rings. The first-order valence-corrected chi connectivity index (χ1v) is 7.12. The Balaban J connectivity index is 1.91. The lowest BCUT2D eigenvalue weighted by molar-refractivity contribution is -0.896. The summed E-state index contributed by atoms with van der Waals surface area (Å²) in [4.78, 5) is 10.3. The van der Waals surface area contributed by atoms with Crippen LogP contribution < -0.4 is 10.2 Å². The molecular weight excluding hydrogens is 236 g/mol. The van der Waals surface area contributed by atoms with Gasteiger partial charge in [-0.25, -0.2) is 9.97 Å². The number of para-hydroxylation sites is 1. The maximum Gasteiger partial charge on any atom is 0.137 e. The van der Waals surface area contributed by atoms with E-state index in [1.807, 2.05) is 18.2 Å². The monoisotopic (exact) mass is 259 g/mol. The van der Waals surface area contributed by atoms with Crippen molar-refractivity contribution in [3.05, 3.63) is 30.6 Å². The Morgan fingerprint density at radius 1 is 1.11 bits per heavy atom. The second-order valence-corrected chi connectivity index (χ2v) is 4.73. The highest BCUT2D eigenvalue weighted by atomic mass is 15.1. The fraction of sp³-hybridized carbons (Fsp3) is 0.467. The minimum atomic E-state index is 0.945. The molecule has 0 saturated carbocycles. The molecule has 2 N–H and O–H groups in total. The molecule has 0 bridgehead atoms. The van der Waals surface area contributed by atoms with E-state index in [1.165, 1.54) is 19.6 Å². The third-order valence-electron chi connectivity index (χ3n) is 3.54. The van der Waals surface area contributed by atoms with E-state index in [0.717, 1.165) is 29.7 Å². The number of nitrogens with zero attached hydrogens (tertiary/aromatic N) is 2. The van der Waals surface area contributed by atoms with Crippen LogP contribution in [0.2, 0.25) is 0 Å². The SMILES string of the molecule is CC[NH+](CC)CCCNc1ncnc2ccccc12. The van der Waals surface area contributed by atoms with Gasteiger partial charge in [-0.1, -0.05) is 12.1 Å². The molecule has 1 aromatic carbocycles. The van der Waals surface area contributed by atoms with Crippen molar-refractivity contribution in [2.24, 2.45) is 0 Å². The third kappa shape index (κ3) is 3.64. The molecule has 0 atom stereocenters. The lowest BCUT2D eigenvalue weighted by atomic mass is 10.2. The fourth-order valence-corrected chi connectivity index (χ4v) is 2.29. The maximum absolute atomic E-state index is 4.33. The van der Waals surface area contributed by atoms with Gasteiger partial charge < -0.3 is 10.2 Å². The molecule has 0 unspecified atom stereocenters. The molecule has 4 heteroatoms. The second kappa shape index (κ2) is 7.04. The van der Waals surface area contributed by atoms with E-state index in [4.69, 9.17) is 0 Å². The Labute approximate surface area is 114 Å². The van der Waals surface area contributed by atoms with Crippen LogP contribution in [0.3, 0.4) is 0 Å². The molecular formula is C15H23N4+. The smallest absolute Gasteiger partial charge is 0.137 e. The summed E-state index contributed by atoms with van der Waals surface area (Å²) in [5.74, 6) is 0.945. The standard InChI is InChI=1S/C15H22N4/c1-3-19(4-2)11-7-10-16-15-13-8-5-6-9-14(13)17-12-18-15/h5-6,8-9,12H,3-4,7,10-11H2,1-2H3,(H,16,17,18)/p+1. The number of aromatic nitrogens is 2. The first-order valence-electron chi connectivity index (χ1n) is 7.12. The van der Waals surface area contributed by atoms with Crippen molar-refractivity contribution in [2.75, 3.05) is 31.5 Å². The van der Waals surface area contributed by atoms with Crippen molar-refractivity contribution in [1.82, 2.24) is 9.97 Å². The molecule has 0 radical (unpaired) electrons. The second-order valence-electron chi connectivity index (χ2n) is 4.73. The third-order valence-corrected chi connectivity index (χ3v) is 3.54. The number of hydrogen-bond acceptors (Lipinski definition) is 3. The minimum absolute atomic E-state index is 0.945. The summed E-state index contributed by atoms with van der Waals surface area (Å²) >= 11 is 0. The molecule has 0 amide bonds. The summed E-state index contributed by atoms with van der Waals surface area (Å²) in [6, 6.07) is 8.11. The Kier molecular flexibility index (Phi) is 5.10. The summed E-state index contributed by atoms with van der Waals surface area (Å²) in [5.41, 5.74) is 0.995. The van der Waals surface area contributed by atoms with Crippen LogP contribution in [0.5, 0.6) is 0 Å². The van der Waals surface area contributed by atoms with Crippen LogP contribution in [0.4, 0.5) is 5.82 Å². The first kappa shape index (κ1) is 13.7. The highest BCUT2D eigenvalue weighted by molar-refractivity contribution is 5.88. The van der Waals surface area contributed by atoms with Gasteiger partial charge in [0.05, 0.1) is 25.2 Å². The lowest BCUT2D eigenvalue weighted by Crippen LogP contribution is -3.11. The number of nitrogens with one attached hydrogen (secondary N) is 2. The van der Waals surface area contributed by atoms with E-state index in [-0.39, 0.29) is 0 Å². The molecule has 1 aromatic heterocycles. The zero-order valence-corrected chi connectivity index (χ0v) is 11.8. The largest absolute Gasteiger partial charge is 0.369 e. The van der Waals surface area contributed by atoms with Gasteiger partial charge in [-0.15, -0.1) is 0 Å².